The second-order valence-electron chi connectivity index (χ2n) is 4.71. The SMILES string of the molecule is CCC(C)(C(=O)Nc1cc(Cl)c(C)cc1Cl)/C(N)=N/O. The lowest BCUT2D eigenvalue weighted by atomic mass is 9.85. The number of carbonyl (C=O) groups is 1. The van der Waals surface area contributed by atoms with Gasteiger partial charge in [0.2, 0.25) is 5.91 Å². The minimum atomic E-state index is -1.13. The number of halogens is 2. The van der Waals surface area contributed by atoms with Gasteiger partial charge < -0.3 is 16.3 Å². The van der Waals surface area contributed by atoms with Crippen LogP contribution in [0.2, 0.25) is 10.0 Å². The summed E-state index contributed by atoms with van der Waals surface area (Å²) >= 11 is 12.1. The second kappa shape index (κ2) is 6.33. The molecule has 20 heavy (non-hydrogen) atoms. The maximum atomic E-state index is 12.3. The molecule has 0 aliphatic carbocycles. The molecule has 1 aromatic carbocycles. The first-order valence-corrected chi connectivity index (χ1v) is 6.77. The van der Waals surface area contributed by atoms with Gasteiger partial charge in [0.25, 0.3) is 0 Å². The average molecular weight is 318 g/mol. The lowest BCUT2D eigenvalue weighted by molar-refractivity contribution is -0.121. The van der Waals surface area contributed by atoms with Gasteiger partial charge in [-0.3, -0.25) is 4.79 Å². The third kappa shape index (κ3) is 3.16. The van der Waals surface area contributed by atoms with E-state index in [9.17, 15) is 4.79 Å². The van der Waals surface area contributed by atoms with Crippen LogP contribution in [0.5, 0.6) is 0 Å². The largest absolute Gasteiger partial charge is 0.409 e. The first-order chi connectivity index (χ1) is 9.26. The maximum Gasteiger partial charge on any atom is 0.238 e. The number of nitrogens with one attached hydrogen (secondary N) is 1. The Hall–Kier alpha value is -1.46. The van der Waals surface area contributed by atoms with E-state index in [-0.39, 0.29) is 5.84 Å². The molecule has 0 radical (unpaired) electrons. The third-order valence-corrected chi connectivity index (χ3v) is 4.10. The summed E-state index contributed by atoms with van der Waals surface area (Å²) in [6, 6.07) is 3.23. The third-order valence-electron chi connectivity index (χ3n) is 3.38. The van der Waals surface area contributed by atoms with Crippen molar-refractivity contribution in [3.8, 4) is 0 Å². The van der Waals surface area contributed by atoms with E-state index in [4.69, 9.17) is 34.1 Å². The summed E-state index contributed by atoms with van der Waals surface area (Å²) in [7, 11) is 0. The predicted molar refractivity (Wildman–Crippen MR) is 81.6 cm³/mol. The predicted octanol–water partition coefficient (Wildman–Crippen LogP) is 3.40. The molecule has 110 valence electrons. The first kappa shape index (κ1) is 16.6. The average Bonchev–Trinajstić information content (AvgIpc) is 2.42. The summed E-state index contributed by atoms with van der Waals surface area (Å²) in [6.45, 7) is 5.16. The molecule has 1 amide bonds. The number of amidine groups is 1. The topological polar surface area (TPSA) is 87.7 Å². The van der Waals surface area contributed by atoms with Crippen molar-refractivity contribution >= 4 is 40.6 Å². The fourth-order valence-corrected chi connectivity index (χ4v) is 2.00. The number of aryl methyl sites for hydroxylation is 1. The fourth-order valence-electron chi connectivity index (χ4n) is 1.57. The van der Waals surface area contributed by atoms with E-state index in [0.717, 1.165) is 5.56 Å². The number of hydrogen-bond acceptors (Lipinski definition) is 3. The molecule has 0 aromatic heterocycles. The van der Waals surface area contributed by atoms with E-state index >= 15 is 0 Å². The summed E-state index contributed by atoms with van der Waals surface area (Å²) in [5.41, 5.74) is 5.66. The van der Waals surface area contributed by atoms with Crippen molar-refractivity contribution in [1.29, 1.82) is 0 Å². The van der Waals surface area contributed by atoms with E-state index in [1.165, 1.54) is 0 Å². The van der Waals surface area contributed by atoms with Crippen LogP contribution in [-0.2, 0) is 4.79 Å². The molecule has 1 unspecified atom stereocenters. The van der Waals surface area contributed by atoms with Gasteiger partial charge in [-0.05, 0) is 38.0 Å². The molecule has 1 atom stereocenters. The Morgan fingerprint density at radius 1 is 1.45 bits per heavy atom. The van der Waals surface area contributed by atoms with Crippen LogP contribution in [0, 0.1) is 12.3 Å². The fraction of sp³-hybridized carbons (Fsp3) is 0.385. The smallest absolute Gasteiger partial charge is 0.238 e. The summed E-state index contributed by atoms with van der Waals surface area (Å²) in [5, 5.41) is 15.2. The number of nitrogens with zero attached hydrogens (tertiary/aromatic N) is 1. The molecular weight excluding hydrogens is 301 g/mol. The molecule has 1 aromatic rings. The van der Waals surface area contributed by atoms with Crippen LogP contribution in [0.25, 0.3) is 0 Å². The molecule has 0 aliphatic heterocycles. The minimum Gasteiger partial charge on any atom is -0.409 e. The molecule has 0 saturated carbocycles. The zero-order chi connectivity index (χ0) is 15.5. The number of amides is 1. The summed E-state index contributed by atoms with van der Waals surface area (Å²) in [4.78, 5) is 12.3. The van der Waals surface area contributed by atoms with Crippen LogP contribution in [0.3, 0.4) is 0 Å². The van der Waals surface area contributed by atoms with Crippen molar-refractivity contribution < 1.29 is 10.0 Å². The Kier molecular flexibility index (Phi) is 5.25. The van der Waals surface area contributed by atoms with Crippen molar-refractivity contribution in [2.75, 3.05) is 5.32 Å². The molecule has 0 aliphatic rings. The molecule has 0 fully saturated rings. The molecule has 5 nitrogen and oxygen atoms in total. The zero-order valence-corrected chi connectivity index (χ0v) is 13.0. The van der Waals surface area contributed by atoms with Crippen LogP contribution in [0.15, 0.2) is 17.3 Å². The van der Waals surface area contributed by atoms with Crippen molar-refractivity contribution in [1.82, 2.24) is 0 Å². The number of anilines is 1. The van der Waals surface area contributed by atoms with E-state index in [1.54, 1.807) is 26.0 Å². The molecule has 0 bridgehead atoms. The summed E-state index contributed by atoms with van der Waals surface area (Å²) in [6.07, 6.45) is 0.367. The van der Waals surface area contributed by atoms with Crippen LogP contribution in [-0.4, -0.2) is 17.0 Å². The molecule has 1 rings (SSSR count). The van der Waals surface area contributed by atoms with Gasteiger partial charge in [0.05, 0.1) is 10.7 Å². The summed E-state index contributed by atoms with van der Waals surface area (Å²) < 4.78 is 0. The van der Waals surface area contributed by atoms with Gasteiger partial charge in [-0.15, -0.1) is 0 Å². The van der Waals surface area contributed by atoms with E-state index in [0.29, 0.717) is 22.2 Å². The molecule has 0 heterocycles. The molecule has 7 heteroatoms. The van der Waals surface area contributed by atoms with Gasteiger partial charge in [0, 0.05) is 5.02 Å². The summed E-state index contributed by atoms with van der Waals surface area (Å²) in [5.74, 6) is -0.580. The van der Waals surface area contributed by atoms with Gasteiger partial charge in [0.15, 0.2) is 5.84 Å². The molecule has 0 saturated heterocycles. The van der Waals surface area contributed by atoms with Crippen LogP contribution in [0.1, 0.15) is 25.8 Å². The van der Waals surface area contributed by atoms with Gasteiger partial charge in [-0.25, -0.2) is 0 Å². The van der Waals surface area contributed by atoms with Crippen LogP contribution in [0.4, 0.5) is 5.69 Å². The van der Waals surface area contributed by atoms with Gasteiger partial charge in [-0.1, -0.05) is 35.3 Å². The number of carbonyl (C=O) groups excluding carboxylic acids is 1. The Morgan fingerprint density at radius 2 is 2.05 bits per heavy atom. The standard InChI is InChI=1S/C13H17Cl2N3O2/c1-4-13(3,11(16)18-20)12(19)17-10-6-8(14)7(2)5-9(10)15/h5-6,20H,4H2,1-3H3,(H2,16,18)(H,17,19). The maximum absolute atomic E-state index is 12.3. The Balaban J connectivity index is 3.10. The molecular formula is C13H17Cl2N3O2. The number of oxime groups is 1. The number of nitrogens with two attached hydrogens (primary N) is 1. The first-order valence-electron chi connectivity index (χ1n) is 6.01. The zero-order valence-electron chi connectivity index (χ0n) is 11.5. The quantitative estimate of drug-likeness (QED) is 0.344. The van der Waals surface area contributed by atoms with E-state index < -0.39 is 11.3 Å². The highest BCUT2D eigenvalue weighted by atomic mass is 35.5. The molecule has 0 spiro atoms. The Morgan fingerprint density at radius 3 is 2.55 bits per heavy atom. The Bertz CT molecular complexity index is 561. The number of hydrogen-bond donors (Lipinski definition) is 3. The normalized spacial score (nSPS) is 14.8. The number of rotatable bonds is 4. The van der Waals surface area contributed by atoms with Crippen molar-refractivity contribution in [3.05, 3.63) is 27.7 Å². The minimum absolute atomic E-state index is 0.160. The van der Waals surface area contributed by atoms with Gasteiger partial charge in [-0.2, -0.15) is 0 Å². The highest BCUT2D eigenvalue weighted by molar-refractivity contribution is 6.36. The highest BCUT2D eigenvalue weighted by Crippen LogP contribution is 2.31. The monoisotopic (exact) mass is 317 g/mol. The number of benzene rings is 1. The van der Waals surface area contributed by atoms with E-state index in [1.807, 2.05) is 6.92 Å². The van der Waals surface area contributed by atoms with Crippen LogP contribution >= 0.6 is 23.2 Å². The van der Waals surface area contributed by atoms with Crippen molar-refractivity contribution in [2.24, 2.45) is 16.3 Å². The second-order valence-corrected chi connectivity index (χ2v) is 5.52. The lowest BCUT2D eigenvalue weighted by Crippen LogP contribution is -2.44. The van der Waals surface area contributed by atoms with Crippen molar-refractivity contribution in [3.63, 3.8) is 0 Å². The highest BCUT2D eigenvalue weighted by Gasteiger charge is 2.36. The Labute approximate surface area is 127 Å². The lowest BCUT2D eigenvalue weighted by Gasteiger charge is -2.25. The van der Waals surface area contributed by atoms with Gasteiger partial charge >= 0.3 is 0 Å². The van der Waals surface area contributed by atoms with E-state index in [2.05, 4.69) is 10.5 Å². The van der Waals surface area contributed by atoms with Crippen LogP contribution < -0.4 is 11.1 Å². The molecule has 4 N–H and O–H groups in total. The van der Waals surface area contributed by atoms with Gasteiger partial charge in [0.1, 0.15) is 5.41 Å². The van der Waals surface area contributed by atoms with Crippen molar-refractivity contribution in [2.45, 2.75) is 27.2 Å².